The summed E-state index contributed by atoms with van der Waals surface area (Å²) < 4.78 is 0. The Balaban J connectivity index is 2.22. The fourth-order valence-electron chi connectivity index (χ4n) is 2.45. The van der Waals surface area contributed by atoms with Crippen LogP contribution in [0.5, 0.6) is 11.5 Å². The van der Waals surface area contributed by atoms with Gasteiger partial charge in [-0.25, -0.2) is 0 Å². The number of benzene rings is 2. The second-order valence-corrected chi connectivity index (χ2v) is 5.69. The van der Waals surface area contributed by atoms with E-state index in [1.165, 1.54) is 24.3 Å². The van der Waals surface area contributed by atoms with Crippen molar-refractivity contribution in [1.82, 2.24) is 0 Å². The van der Waals surface area contributed by atoms with Gasteiger partial charge in [0.25, 0.3) is 0 Å². The summed E-state index contributed by atoms with van der Waals surface area (Å²) >= 11 is 0. The van der Waals surface area contributed by atoms with Gasteiger partial charge >= 0.3 is 0 Å². The topological polar surface area (TPSA) is 127 Å². The second-order valence-electron chi connectivity index (χ2n) is 5.69. The maximum atomic E-state index is 12.6. The molecule has 0 saturated heterocycles. The van der Waals surface area contributed by atoms with E-state index in [1.807, 2.05) is 0 Å². The van der Waals surface area contributed by atoms with Gasteiger partial charge in [-0.05, 0) is 48.2 Å². The van der Waals surface area contributed by atoms with Crippen molar-refractivity contribution in [3.8, 4) is 11.5 Å². The van der Waals surface area contributed by atoms with Crippen LogP contribution in [-0.2, 0) is 17.6 Å². The lowest BCUT2D eigenvalue weighted by Gasteiger charge is -2.15. The predicted octanol–water partition coefficient (Wildman–Crippen LogP) is 0.919. The van der Waals surface area contributed by atoms with E-state index >= 15 is 0 Å². The van der Waals surface area contributed by atoms with Gasteiger partial charge in [0.15, 0.2) is 5.78 Å². The van der Waals surface area contributed by atoms with Crippen LogP contribution in [0, 0.1) is 0 Å². The molecule has 2 aromatic rings. The van der Waals surface area contributed by atoms with Crippen LogP contribution in [0.2, 0.25) is 0 Å². The zero-order valence-electron chi connectivity index (χ0n) is 13.1. The molecule has 24 heavy (non-hydrogen) atoms. The van der Waals surface area contributed by atoms with Gasteiger partial charge in [-0.2, -0.15) is 0 Å². The highest BCUT2D eigenvalue weighted by molar-refractivity contribution is 6.01. The summed E-state index contributed by atoms with van der Waals surface area (Å²) in [7, 11) is 0. The van der Waals surface area contributed by atoms with Gasteiger partial charge in [0.1, 0.15) is 17.8 Å². The molecule has 2 atom stereocenters. The molecule has 0 radical (unpaired) electrons. The van der Waals surface area contributed by atoms with Crippen molar-refractivity contribution in [2.45, 2.75) is 24.9 Å². The maximum Gasteiger partial charge on any atom is 0.180 e. The first-order chi connectivity index (χ1) is 11.4. The van der Waals surface area contributed by atoms with Crippen molar-refractivity contribution in [2.75, 3.05) is 0 Å². The Kier molecular flexibility index (Phi) is 5.68. The van der Waals surface area contributed by atoms with Crippen molar-refractivity contribution in [3.63, 3.8) is 0 Å². The van der Waals surface area contributed by atoms with E-state index in [9.17, 15) is 19.8 Å². The number of Topliss-reactive ketones (excluding diaryl/α,β-unsaturated/α-hetero) is 1. The van der Waals surface area contributed by atoms with Crippen molar-refractivity contribution >= 4 is 12.1 Å². The first-order valence-electron chi connectivity index (χ1n) is 7.51. The number of ketones is 1. The van der Waals surface area contributed by atoms with Gasteiger partial charge in [-0.15, -0.1) is 0 Å². The van der Waals surface area contributed by atoms with E-state index < -0.39 is 12.1 Å². The van der Waals surface area contributed by atoms with E-state index in [1.54, 1.807) is 18.2 Å². The van der Waals surface area contributed by atoms with Crippen LogP contribution in [0.4, 0.5) is 0 Å². The zero-order chi connectivity index (χ0) is 17.7. The minimum atomic E-state index is -0.817. The number of carbonyl (C=O) groups excluding carboxylic acids is 2. The molecule has 0 fully saturated rings. The molecule has 0 amide bonds. The lowest BCUT2D eigenvalue weighted by molar-refractivity contribution is -0.108. The molecule has 6 N–H and O–H groups in total. The number of hydrogen-bond donors (Lipinski definition) is 4. The normalized spacial score (nSPS) is 13.2. The number of rotatable bonds is 7. The summed E-state index contributed by atoms with van der Waals surface area (Å²) in [5.74, 6) is -0.262. The van der Waals surface area contributed by atoms with E-state index in [0.29, 0.717) is 11.8 Å². The van der Waals surface area contributed by atoms with Crippen molar-refractivity contribution < 1.29 is 19.8 Å². The standard InChI is InChI=1S/C18H20N2O4/c19-13(10-21)8-12-3-6-15(23)9-16(12)18(24)17(20)7-11-1-4-14(22)5-2-11/h1-6,9-10,13,17,22-23H,7-8,19-20H2/t13-,17-/m0/s1. The SMILES string of the molecule is N[C@H](C=O)Cc1ccc(O)cc1C(=O)[C@@H](N)Cc1ccc(O)cc1. The Morgan fingerprint density at radius 1 is 1.00 bits per heavy atom. The number of nitrogens with two attached hydrogens (primary N) is 2. The minimum absolute atomic E-state index is 0.0568. The highest BCUT2D eigenvalue weighted by Gasteiger charge is 2.21. The fourth-order valence-corrected chi connectivity index (χ4v) is 2.45. The van der Waals surface area contributed by atoms with E-state index in [0.717, 1.165) is 5.56 Å². The summed E-state index contributed by atoms with van der Waals surface area (Å²) in [5, 5.41) is 18.9. The first kappa shape index (κ1) is 17.7. The Hall–Kier alpha value is -2.70. The molecule has 6 nitrogen and oxygen atoms in total. The lowest BCUT2D eigenvalue weighted by Crippen LogP contribution is -2.34. The largest absolute Gasteiger partial charge is 0.508 e. The Morgan fingerprint density at radius 2 is 1.62 bits per heavy atom. The van der Waals surface area contributed by atoms with Crippen LogP contribution < -0.4 is 11.5 Å². The van der Waals surface area contributed by atoms with Gasteiger partial charge in [-0.3, -0.25) is 4.79 Å². The molecule has 0 saturated carbocycles. The van der Waals surface area contributed by atoms with Crippen LogP contribution in [0.1, 0.15) is 21.5 Å². The number of aldehydes is 1. The number of phenolic OH excluding ortho intramolecular Hbond substituents is 2. The Morgan fingerprint density at radius 3 is 2.25 bits per heavy atom. The first-order valence-corrected chi connectivity index (χ1v) is 7.51. The van der Waals surface area contributed by atoms with E-state index in [2.05, 4.69) is 0 Å². The van der Waals surface area contributed by atoms with Crippen LogP contribution in [-0.4, -0.2) is 34.4 Å². The molecule has 0 aromatic heterocycles. The molecule has 126 valence electrons. The fraction of sp³-hybridized carbons (Fsp3) is 0.222. The van der Waals surface area contributed by atoms with Crippen molar-refractivity contribution in [2.24, 2.45) is 11.5 Å². The maximum absolute atomic E-state index is 12.6. The average molecular weight is 328 g/mol. The minimum Gasteiger partial charge on any atom is -0.508 e. The molecule has 0 heterocycles. The Labute approximate surface area is 139 Å². The van der Waals surface area contributed by atoms with E-state index in [-0.39, 0.29) is 35.7 Å². The summed E-state index contributed by atoms with van der Waals surface area (Å²) in [4.78, 5) is 23.4. The molecule has 0 aliphatic heterocycles. The quantitative estimate of drug-likeness (QED) is 0.442. The molecule has 0 spiro atoms. The summed E-state index contributed by atoms with van der Waals surface area (Å²) in [6.45, 7) is 0. The second kappa shape index (κ2) is 7.72. The molecule has 0 aliphatic rings. The molecule has 2 aromatic carbocycles. The smallest absolute Gasteiger partial charge is 0.180 e. The molecule has 2 rings (SSSR count). The van der Waals surface area contributed by atoms with Gasteiger partial charge in [0.2, 0.25) is 0 Å². The van der Waals surface area contributed by atoms with Crippen LogP contribution >= 0.6 is 0 Å². The summed E-state index contributed by atoms with van der Waals surface area (Å²) in [6, 6.07) is 9.23. The number of aromatic hydroxyl groups is 2. The van der Waals surface area contributed by atoms with Gasteiger partial charge < -0.3 is 26.5 Å². The summed E-state index contributed by atoms with van der Waals surface area (Å²) in [6.07, 6.45) is 1.09. The molecular weight excluding hydrogens is 308 g/mol. The molecule has 0 bridgehead atoms. The highest BCUT2D eigenvalue weighted by Crippen LogP contribution is 2.20. The molecular formula is C18H20N2O4. The summed E-state index contributed by atoms with van der Waals surface area (Å²) in [5.41, 5.74) is 13.3. The van der Waals surface area contributed by atoms with Gasteiger partial charge in [0, 0.05) is 5.56 Å². The predicted molar refractivity (Wildman–Crippen MR) is 90.0 cm³/mol. The number of phenols is 2. The monoisotopic (exact) mass is 328 g/mol. The van der Waals surface area contributed by atoms with Crippen molar-refractivity contribution in [1.29, 1.82) is 0 Å². The third-order valence-corrected chi connectivity index (χ3v) is 3.72. The number of hydrogen-bond acceptors (Lipinski definition) is 6. The third-order valence-electron chi connectivity index (χ3n) is 3.72. The molecule has 0 aliphatic carbocycles. The molecule has 6 heteroatoms. The highest BCUT2D eigenvalue weighted by atomic mass is 16.3. The number of carbonyl (C=O) groups is 2. The van der Waals surface area contributed by atoms with Crippen LogP contribution in [0.15, 0.2) is 42.5 Å². The third kappa shape index (κ3) is 4.41. The zero-order valence-corrected chi connectivity index (χ0v) is 13.1. The Bertz CT molecular complexity index is 728. The van der Waals surface area contributed by atoms with Crippen LogP contribution in [0.3, 0.4) is 0 Å². The average Bonchev–Trinajstić information content (AvgIpc) is 2.57. The lowest BCUT2D eigenvalue weighted by atomic mass is 9.92. The van der Waals surface area contributed by atoms with Gasteiger partial charge in [0.05, 0.1) is 12.1 Å². The van der Waals surface area contributed by atoms with E-state index in [4.69, 9.17) is 11.5 Å². The molecule has 0 unspecified atom stereocenters. The van der Waals surface area contributed by atoms with Crippen LogP contribution in [0.25, 0.3) is 0 Å². The van der Waals surface area contributed by atoms with Gasteiger partial charge in [-0.1, -0.05) is 18.2 Å². The van der Waals surface area contributed by atoms with Crippen molar-refractivity contribution in [3.05, 3.63) is 59.2 Å².